The maximum atomic E-state index is 13.7. The summed E-state index contributed by atoms with van der Waals surface area (Å²) in [6, 6.07) is 4.81. The van der Waals surface area contributed by atoms with Crippen molar-refractivity contribution in [2.24, 2.45) is 0 Å². The van der Waals surface area contributed by atoms with E-state index in [1.54, 1.807) is 36.6 Å². The second-order valence-electron chi connectivity index (χ2n) is 8.72. The number of rotatable bonds is 10. The van der Waals surface area contributed by atoms with Gasteiger partial charge in [-0.05, 0) is 33.8 Å². The van der Waals surface area contributed by atoms with Gasteiger partial charge in [-0.15, -0.1) is 10.2 Å². The number of hydrogen-bond acceptors (Lipinski definition) is 11. The van der Waals surface area contributed by atoms with Gasteiger partial charge in [-0.25, -0.2) is 23.4 Å². The van der Waals surface area contributed by atoms with Gasteiger partial charge in [0.25, 0.3) is 0 Å². The van der Waals surface area contributed by atoms with Crippen LogP contribution in [0.3, 0.4) is 0 Å². The fourth-order valence-electron chi connectivity index (χ4n) is 4.35. The van der Waals surface area contributed by atoms with Crippen LogP contribution in [0.5, 0.6) is 5.88 Å². The van der Waals surface area contributed by atoms with Crippen LogP contribution in [0, 0.1) is 13.8 Å². The largest absolute Gasteiger partial charge is 0.481 e. The molecule has 4 rings (SSSR count). The van der Waals surface area contributed by atoms with E-state index in [1.165, 1.54) is 26.6 Å². The number of nitrogens with zero attached hydrogens (tertiary/aromatic N) is 7. The van der Waals surface area contributed by atoms with Crippen LogP contribution in [-0.4, -0.2) is 62.8 Å². The number of ether oxygens (including phenoxy) is 2. The quantitative estimate of drug-likeness (QED) is 0.279. The molecule has 0 unspecified atom stereocenters. The van der Waals surface area contributed by atoms with Crippen LogP contribution in [0.4, 0.5) is 0 Å². The molecule has 0 saturated heterocycles. The number of sulfone groups is 1. The van der Waals surface area contributed by atoms with Crippen LogP contribution in [0.1, 0.15) is 54.7 Å². The van der Waals surface area contributed by atoms with E-state index >= 15 is 0 Å². The monoisotopic (exact) mass is 561 g/mol. The van der Waals surface area contributed by atoms with Gasteiger partial charge in [-0.3, -0.25) is 0 Å². The minimum Gasteiger partial charge on any atom is -0.481 e. The van der Waals surface area contributed by atoms with E-state index in [1.807, 2.05) is 13.8 Å². The molecule has 0 fully saturated rings. The molecule has 0 spiro atoms. The molecule has 0 saturated carbocycles. The summed E-state index contributed by atoms with van der Waals surface area (Å²) in [5, 5.41) is 12.0. The Balaban J connectivity index is 1.78. The van der Waals surface area contributed by atoms with Crippen molar-refractivity contribution in [3.05, 3.63) is 64.3 Å². The number of aromatic nitrogens is 7. The van der Waals surface area contributed by atoms with E-state index in [4.69, 9.17) is 25.6 Å². The molecule has 38 heavy (non-hydrogen) atoms. The van der Waals surface area contributed by atoms with Crippen LogP contribution in [0.25, 0.3) is 11.5 Å². The molecule has 202 valence electrons. The summed E-state index contributed by atoms with van der Waals surface area (Å²) in [5.41, 5.74) is 1.94. The summed E-state index contributed by atoms with van der Waals surface area (Å²) in [5.74, 6) is 1.37. The van der Waals surface area contributed by atoms with E-state index in [0.717, 1.165) is 5.56 Å². The van der Waals surface area contributed by atoms with Crippen LogP contribution in [0.2, 0.25) is 5.02 Å². The van der Waals surface area contributed by atoms with Crippen LogP contribution in [0.15, 0.2) is 35.1 Å². The van der Waals surface area contributed by atoms with Crippen LogP contribution >= 0.6 is 11.6 Å². The molecule has 0 N–H and O–H groups in total. The van der Waals surface area contributed by atoms with Gasteiger partial charge in [-0.2, -0.15) is 0 Å². The van der Waals surface area contributed by atoms with Crippen molar-refractivity contribution in [2.75, 3.05) is 14.2 Å². The second-order valence-corrected chi connectivity index (χ2v) is 11.5. The molecule has 0 aliphatic rings. The third-order valence-electron chi connectivity index (χ3n) is 6.29. The molecular weight excluding hydrogens is 534 g/mol. The lowest BCUT2D eigenvalue weighted by Gasteiger charge is -2.23. The first-order valence-corrected chi connectivity index (χ1v) is 13.8. The van der Waals surface area contributed by atoms with Crippen molar-refractivity contribution in [1.82, 2.24) is 34.9 Å². The SMILES string of the molecule is COc1cccc(-c2nnc(CS(=O)(=O)[C@@H](C)[C@H](OC)c3ncc(Cl)cn3)n2[C@@H](C)c2c(C)noc2C)n1. The lowest BCUT2D eigenvalue weighted by Crippen LogP contribution is -2.30. The van der Waals surface area contributed by atoms with Gasteiger partial charge in [-0.1, -0.05) is 22.8 Å². The van der Waals surface area contributed by atoms with Crippen LogP contribution < -0.4 is 4.74 Å². The third kappa shape index (κ3) is 5.40. The Labute approximate surface area is 225 Å². The molecule has 0 bridgehead atoms. The molecular formula is C24H28ClN7O5S. The van der Waals surface area contributed by atoms with Gasteiger partial charge in [0.2, 0.25) is 5.88 Å². The van der Waals surface area contributed by atoms with Crippen molar-refractivity contribution in [1.29, 1.82) is 0 Å². The maximum Gasteiger partial charge on any atom is 0.213 e. The first-order valence-electron chi connectivity index (χ1n) is 11.7. The Morgan fingerprint density at radius 2 is 1.82 bits per heavy atom. The zero-order valence-electron chi connectivity index (χ0n) is 21.8. The van der Waals surface area contributed by atoms with Crippen LogP contribution in [-0.2, 0) is 20.3 Å². The van der Waals surface area contributed by atoms with E-state index in [9.17, 15) is 8.42 Å². The van der Waals surface area contributed by atoms with E-state index < -0.39 is 33.0 Å². The summed E-state index contributed by atoms with van der Waals surface area (Å²) in [4.78, 5) is 12.8. The standard InChI is InChI=1S/C24H28ClN7O5S/c1-13-21(15(3)37-31-13)14(2)32-19(29-30-24(32)18-8-7-9-20(28-18)35-5)12-38(33,34)16(4)22(36-6)23-26-10-17(25)11-27-23/h7-11,14,16,22H,12H2,1-6H3/t14-,16-,22-/m0/s1. The van der Waals surface area contributed by atoms with Gasteiger partial charge in [0, 0.05) is 31.1 Å². The number of aryl methyl sites for hydroxylation is 2. The molecule has 4 aromatic rings. The van der Waals surface area contributed by atoms with Gasteiger partial charge >= 0.3 is 0 Å². The summed E-state index contributed by atoms with van der Waals surface area (Å²) in [6.45, 7) is 7.07. The molecule has 0 radical (unpaired) electrons. The molecule has 14 heteroatoms. The minimum absolute atomic E-state index is 0.208. The molecule has 12 nitrogen and oxygen atoms in total. The highest BCUT2D eigenvalue weighted by atomic mass is 35.5. The summed E-state index contributed by atoms with van der Waals surface area (Å²) >= 11 is 5.89. The first-order chi connectivity index (χ1) is 18.1. The van der Waals surface area contributed by atoms with Crippen molar-refractivity contribution in [3.63, 3.8) is 0 Å². The topological polar surface area (TPSA) is 148 Å². The second kappa shape index (κ2) is 11.1. The molecule has 4 aromatic heterocycles. The summed E-state index contributed by atoms with van der Waals surface area (Å²) in [7, 11) is -0.936. The van der Waals surface area contributed by atoms with Crippen molar-refractivity contribution in [3.8, 4) is 17.4 Å². The van der Waals surface area contributed by atoms with Gasteiger partial charge in [0.1, 0.15) is 29.1 Å². The van der Waals surface area contributed by atoms with Crippen molar-refractivity contribution in [2.45, 2.75) is 50.8 Å². The Morgan fingerprint density at radius 3 is 2.42 bits per heavy atom. The summed E-state index contributed by atoms with van der Waals surface area (Å²) in [6.07, 6.45) is 1.86. The van der Waals surface area contributed by atoms with Gasteiger partial charge < -0.3 is 18.6 Å². The van der Waals surface area contributed by atoms with Crippen molar-refractivity contribution < 1.29 is 22.4 Å². The normalized spacial score (nSPS) is 14.3. The predicted octanol–water partition coefficient (Wildman–Crippen LogP) is 3.70. The Kier molecular flexibility index (Phi) is 8.09. The number of pyridine rings is 1. The van der Waals surface area contributed by atoms with E-state index in [2.05, 4.69) is 30.3 Å². The Bertz CT molecular complexity index is 1500. The highest BCUT2D eigenvalue weighted by Crippen LogP contribution is 2.32. The molecule has 0 amide bonds. The van der Waals surface area contributed by atoms with Crippen molar-refractivity contribution >= 4 is 21.4 Å². The van der Waals surface area contributed by atoms with Gasteiger partial charge in [0.15, 0.2) is 21.5 Å². The highest BCUT2D eigenvalue weighted by Gasteiger charge is 2.35. The summed E-state index contributed by atoms with van der Waals surface area (Å²) < 4.78 is 45.2. The zero-order valence-corrected chi connectivity index (χ0v) is 23.4. The number of methoxy groups -OCH3 is 2. The maximum absolute atomic E-state index is 13.7. The fourth-order valence-corrected chi connectivity index (χ4v) is 5.87. The molecule has 0 aliphatic carbocycles. The fraction of sp³-hybridized carbons (Fsp3) is 0.417. The van der Waals surface area contributed by atoms with E-state index in [-0.39, 0.29) is 11.6 Å². The molecule has 3 atom stereocenters. The average molecular weight is 562 g/mol. The number of hydrogen-bond donors (Lipinski definition) is 0. The lowest BCUT2D eigenvalue weighted by atomic mass is 10.1. The number of halogens is 1. The third-order valence-corrected chi connectivity index (χ3v) is 8.53. The van der Waals surface area contributed by atoms with Gasteiger partial charge in [0.05, 0.1) is 29.1 Å². The molecule has 0 aliphatic heterocycles. The predicted molar refractivity (Wildman–Crippen MR) is 138 cm³/mol. The molecule has 0 aromatic carbocycles. The minimum atomic E-state index is -3.86. The average Bonchev–Trinajstić information content (AvgIpc) is 3.47. The Morgan fingerprint density at radius 1 is 1.11 bits per heavy atom. The first kappa shape index (κ1) is 27.6. The Hall–Kier alpha value is -3.42. The van der Waals surface area contributed by atoms with E-state index in [0.29, 0.717) is 33.9 Å². The zero-order chi connectivity index (χ0) is 27.6. The molecule has 4 heterocycles. The highest BCUT2D eigenvalue weighted by molar-refractivity contribution is 7.91. The lowest BCUT2D eigenvalue weighted by molar-refractivity contribution is 0.0948. The smallest absolute Gasteiger partial charge is 0.213 e.